The zero-order valence-corrected chi connectivity index (χ0v) is 30.6. The van der Waals surface area contributed by atoms with E-state index < -0.39 is 53.8 Å². The first kappa shape index (κ1) is 43.2. The van der Waals surface area contributed by atoms with Gasteiger partial charge < -0.3 is 38.7 Å². The van der Waals surface area contributed by atoms with Crippen molar-refractivity contribution in [1.29, 1.82) is 0 Å². The minimum absolute atomic E-state index is 0.124. The number of aromatic nitrogens is 1. The standard InChI is InChI=1S/C37H50N4O11/c1-27(19-15-12-13-16-20-29-23-38-25-51-29)32(43)36(3,4)34(45)39-22-18-14-10-8-9-11-17-21-30(42)41(47)37(24-50-26-52-37)35(46)40(5)31(28(2)48-6)33(44)49-7/h8-19,21,23,25,28,31-32,43,47H,20,22,24,26H2,1-7H3,(H,39,45)/b10-8+,11-9+,15-12-,16-13+,18-14-,21-17+,27-19-. The maximum atomic E-state index is 13.5. The summed E-state index contributed by atoms with van der Waals surface area (Å²) < 4.78 is 25.7. The number of ether oxygens (including phenoxy) is 4. The van der Waals surface area contributed by atoms with Gasteiger partial charge >= 0.3 is 5.97 Å². The Bertz CT molecular complexity index is 1530. The fourth-order valence-electron chi connectivity index (χ4n) is 4.84. The molecule has 0 saturated carbocycles. The second-order valence-corrected chi connectivity index (χ2v) is 12.2. The van der Waals surface area contributed by atoms with Crippen LogP contribution in [-0.4, -0.2) is 114 Å². The van der Waals surface area contributed by atoms with E-state index in [0.29, 0.717) is 12.0 Å². The van der Waals surface area contributed by atoms with E-state index in [1.54, 1.807) is 76.4 Å². The minimum Gasteiger partial charge on any atom is -0.467 e. The highest BCUT2D eigenvalue weighted by molar-refractivity contribution is 5.95. The lowest BCUT2D eigenvalue weighted by molar-refractivity contribution is -0.246. The quantitative estimate of drug-likeness (QED) is 0.0623. The molecule has 1 aliphatic heterocycles. The number of oxazole rings is 1. The Morgan fingerprint density at radius 3 is 2.33 bits per heavy atom. The van der Waals surface area contributed by atoms with Crippen molar-refractivity contribution in [3.8, 4) is 0 Å². The van der Waals surface area contributed by atoms with E-state index in [2.05, 4.69) is 10.3 Å². The molecule has 1 aromatic heterocycles. The molecule has 4 atom stereocenters. The molecule has 0 aromatic carbocycles. The van der Waals surface area contributed by atoms with Gasteiger partial charge in [0.2, 0.25) is 5.91 Å². The number of likely N-dealkylation sites (N-methyl/N-ethyl adjacent to an activating group) is 1. The Hall–Kier alpha value is -4.93. The number of hydrogen-bond acceptors (Lipinski definition) is 12. The molecule has 0 radical (unpaired) electrons. The van der Waals surface area contributed by atoms with Crippen molar-refractivity contribution >= 4 is 23.7 Å². The van der Waals surface area contributed by atoms with Gasteiger partial charge in [0.25, 0.3) is 17.5 Å². The topological polar surface area (TPSA) is 190 Å². The predicted molar refractivity (Wildman–Crippen MR) is 190 cm³/mol. The number of rotatable bonds is 19. The minimum atomic E-state index is -2.24. The van der Waals surface area contributed by atoms with Crippen molar-refractivity contribution in [1.82, 2.24) is 20.3 Å². The summed E-state index contributed by atoms with van der Waals surface area (Å²) >= 11 is 0. The third-order valence-electron chi connectivity index (χ3n) is 8.09. The van der Waals surface area contributed by atoms with Crippen LogP contribution >= 0.6 is 0 Å². The number of aliphatic hydroxyl groups excluding tert-OH is 1. The van der Waals surface area contributed by atoms with E-state index in [0.717, 1.165) is 23.8 Å². The predicted octanol–water partition coefficient (Wildman–Crippen LogP) is 2.96. The lowest BCUT2D eigenvalue weighted by Gasteiger charge is -2.38. The van der Waals surface area contributed by atoms with Crippen molar-refractivity contribution in [2.45, 2.75) is 58.1 Å². The number of nitrogens with zero attached hydrogens (tertiary/aromatic N) is 3. The van der Waals surface area contributed by atoms with Crippen LogP contribution < -0.4 is 5.32 Å². The van der Waals surface area contributed by atoms with E-state index in [1.165, 1.54) is 32.7 Å². The van der Waals surface area contributed by atoms with Gasteiger partial charge in [-0.1, -0.05) is 72.9 Å². The highest BCUT2D eigenvalue weighted by Crippen LogP contribution is 2.28. The van der Waals surface area contributed by atoms with Crippen LogP contribution in [0, 0.1) is 5.41 Å². The molecule has 284 valence electrons. The molecule has 0 aliphatic carbocycles. The molecule has 2 rings (SSSR count). The number of methoxy groups -OCH3 is 2. The molecule has 1 saturated heterocycles. The molecular formula is C37H50N4O11. The first-order valence-corrected chi connectivity index (χ1v) is 16.4. The van der Waals surface area contributed by atoms with Crippen LogP contribution in [0.3, 0.4) is 0 Å². The normalized spacial score (nSPS) is 19.0. The lowest BCUT2D eigenvalue weighted by Crippen LogP contribution is -2.64. The third-order valence-corrected chi connectivity index (χ3v) is 8.09. The zero-order chi connectivity index (χ0) is 38.7. The summed E-state index contributed by atoms with van der Waals surface area (Å²) in [5.41, 5.74) is -2.68. The van der Waals surface area contributed by atoms with Crippen molar-refractivity contribution < 1.29 is 52.9 Å². The van der Waals surface area contributed by atoms with Crippen molar-refractivity contribution in [3.63, 3.8) is 0 Å². The van der Waals surface area contributed by atoms with E-state index >= 15 is 0 Å². The molecule has 52 heavy (non-hydrogen) atoms. The van der Waals surface area contributed by atoms with Gasteiger partial charge in [-0.2, -0.15) is 5.06 Å². The molecule has 0 bridgehead atoms. The van der Waals surface area contributed by atoms with Gasteiger partial charge in [0, 0.05) is 33.2 Å². The monoisotopic (exact) mass is 726 g/mol. The molecular weight excluding hydrogens is 676 g/mol. The van der Waals surface area contributed by atoms with Crippen molar-refractivity contribution in [2.24, 2.45) is 5.41 Å². The van der Waals surface area contributed by atoms with Crippen LogP contribution in [-0.2, 0) is 44.5 Å². The second-order valence-electron chi connectivity index (χ2n) is 12.2. The van der Waals surface area contributed by atoms with Gasteiger partial charge in [-0.05, 0) is 33.3 Å². The van der Waals surface area contributed by atoms with Crippen molar-refractivity contribution in [2.75, 3.05) is 41.2 Å². The average molecular weight is 727 g/mol. The summed E-state index contributed by atoms with van der Waals surface area (Å²) in [6.07, 6.45) is 23.3. The second kappa shape index (κ2) is 21.4. The Morgan fingerprint density at radius 2 is 1.71 bits per heavy atom. The van der Waals surface area contributed by atoms with Crippen LogP contribution in [0.25, 0.3) is 0 Å². The van der Waals surface area contributed by atoms with Crippen LogP contribution in [0.2, 0.25) is 0 Å². The van der Waals surface area contributed by atoms with E-state index in [1.807, 2.05) is 18.2 Å². The molecule has 0 spiro atoms. The number of esters is 1. The molecule has 2 heterocycles. The lowest BCUT2D eigenvalue weighted by atomic mass is 9.81. The number of allylic oxidation sites excluding steroid dienone is 11. The molecule has 15 heteroatoms. The zero-order valence-electron chi connectivity index (χ0n) is 30.6. The summed E-state index contributed by atoms with van der Waals surface area (Å²) in [6, 6.07) is -1.20. The summed E-state index contributed by atoms with van der Waals surface area (Å²) in [6.45, 7) is 6.03. The SMILES string of the molecule is COC(=O)C(C(C)OC)N(C)C(=O)C1(N(O)C(=O)/C=C/C=C/C=C/C=C\CNC(=O)C(C)(C)C(O)\C(C)=C/C=C\C=C\Cc2cnco2)COCO1. The Morgan fingerprint density at radius 1 is 1.06 bits per heavy atom. The highest BCUT2D eigenvalue weighted by atomic mass is 16.8. The van der Waals surface area contributed by atoms with Gasteiger partial charge in [0.15, 0.2) is 19.2 Å². The number of nitrogens with one attached hydrogen (secondary N) is 1. The number of carbonyl (C=O) groups is 4. The maximum absolute atomic E-state index is 13.5. The van der Waals surface area contributed by atoms with Crippen LogP contribution in [0.4, 0.5) is 0 Å². The average Bonchev–Trinajstić information content (AvgIpc) is 3.86. The molecule has 1 fully saturated rings. The van der Waals surface area contributed by atoms with Crippen LogP contribution in [0.15, 0.2) is 102 Å². The van der Waals surface area contributed by atoms with Crippen molar-refractivity contribution in [3.05, 3.63) is 103 Å². The Balaban J connectivity index is 1.86. The number of hydrogen-bond donors (Lipinski definition) is 3. The molecule has 3 N–H and O–H groups in total. The maximum Gasteiger partial charge on any atom is 0.331 e. The number of amides is 3. The Kier molecular flexibility index (Phi) is 17.8. The van der Waals surface area contributed by atoms with Gasteiger partial charge in [0.05, 0.1) is 30.9 Å². The van der Waals surface area contributed by atoms with Gasteiger partial charge in [-0.3, -0.25) is 19.6 Å². The van der Waals surface area contributed by atoms with E-state index in [9.17, 15) is 29.5 Å². The van der Waals surface area contributed by atoms with Gasteiger partial charge in [-0.25, -0.2) is 9.78 Å². The molecule has 4 unspecified atom stereocenters. The number of carbonyl (C=O) groups excluding carboxylic acids is 4. The van der Waals surface area contributed by atoms with E-state index in [-0.39, 0.29) is 24.3 Å². The van der Waals surface area contributed by atoms with Crippen LogP contribution in [0.1, 0.15) is 33.5 Å². The first-order chi connectivity index (χ1) is 24.7. The molecule has 1 aliphatic rings. The van der Waals surface area contributed by atoms with Gasteiger partial charge in [-0.15, -0.1) is 0 Å². The van der Waals surface area contributed by atoms with Crippen LogP contribution in [0.5, 0.6) is 0 Å². The summed E-state index contributed by atoms with van der Waals surface area (Å²) in [7, 11) is 3.81. The fourth-order valence-corrected chi connectivity index (χ4v) is 4.84. The largest absolute Gasteiger partial charge is 0.467 e. The first-order valence-electron chi connectivity index (χ1n) is 16.4. The summed E-state index contributed by atoms with van der Waals surface area (Å²) in [5.74, 6) is -2.22. The molecule has 15 nitrogen and oxygen atoms in total. The number of hydroxylamine groups is 2. The fraction of sp³-hybridized carbons (Fsp3) is 0.432. The molecule has 3 amide bonds. The smallest absolute Gasteiger partial charge is 0.331 e. The molecule has 1 aromatic rings. The summed E-state index contributed by atoms with van der Waals surface area (Å²) in [4.78, 5) is 56.3. The van der Waals surface area contributed by atoms with E-state index in [4.69, 9.17) is 23.4 Å². The third kappa shape index (κ3) is 12.1. The number of aliphatic hydroxyl groups is 1. The highest BCUT2D eigenvalue weighted by Gasteiger charge is 2.54. The van der Waals surface area contributed by atoms with Gasteiger partial charge in [0.1, 0.15) is 12.4 Å². The Labute approximate surface area is 304 Å². The summed E-state index contributed by atoms with van der Waals surface area (Å²) in [5, 5.41) is 24.5.